The maximum Gasteiger partial charge on any atom is 0.145 e. The van der Waals surface area contributed by atoms with E-state index < -0.39 is 0 Å². The van der Waals surface area contributed by atoms with Gasteiger partial charge in [0.1, 0.15) is 11.5 Å². The van der Waals surface area contributed by atoms with Crippen LogP contribution >= 0.6 is 0 Å². The number of hydrogen-bond acceptors (Lipinski definition) is 3. The largest absolute Gasteiger partial charge is 0.456 e. The van der Waals surface area contributed by atoms with E-state index in [0.29, 0.717) is 11.4 Å². The van der Waals surface area contributed by atoms with Gasteiger partial charge in [-0.25, -0.2) is 0 Å². The lowest BCUT2D eigenvalue weighted by atomic mass is 10.3. The highest BCUT2D eigenvalue weighted by atomic mass is 16.5. The van der Waals surface area contributed by atoms with Gasteiger partial charge in [-0.15, -0.1) is 0 Å². The average Bonchev–Trinajstić information content (AvgIpc) is 2.19. The van der Waals surface area contributed by atoms with E-state index in [-0.39, 0.29) is 0 Å². The summed E-state index contributed by atoms with van der Waals surface area (Å²) in [5.74, 6) is 1.43. The molecule has 2 aromatic rings. The predicted octanol–water partition coefficient (Wildman–Crippen LogP) is 2.46. The number of hydrogen-bond donors (Lipinski definition) is 1. The highest BCUT2D eigenvalue weighted by molar-refractivity contribution is 5.44. The fourth-order valence-corrected chi connectivity index (χ4v) is 1.12. The summed E-state index contributed by atoms with van der Waals surface area (Å²) in [6.45, 7) is 0. The van der Waals surface area contributed by atoms with E-state index in [1.165, 1.54) is 0 Å². The van der Waals surface area contributed by atoms with E-state index in [0.717, 1.165) is 5.75 Å². The van der Waals surface area contributed by atoms with Crippen LogP contribution in [0.15, 0.2) is 48.8 Å². The first-order chi connectivity index (χ1) is 6.84. The van der Waals surface area contributed by atoms with Crippen molar-refractivity contribution in [1.29, 1.82) is 0 Å². The molecule has 0 saturated heterocycles. The lowest BCUT2D eigenvalue weighted by Crippen LogP contribution is -1.87. The number of aromatic nitrogens is 1. The Balaban J connectivity index is 2.19. The molecule has 0 spiro atoms. The number of anilines is 1. The fraction of sp³-hybridized carbons (Fsp3) is 0. The molecule has 1 aromatic heterocycles. The third-order valence-corrected chi connectivity index (χ3v) is 1.73. The molecule has 3 heteroatoms. The highest BCUT2D eigenvalue weighted by Gasteiger charge is 1.95. The Bertz CT molecular complexity index is 415. The van der Waals surface area contributed by atoms with E-state index in [1.54, 1.807) is 18.5 Å². The van der Waals surface area contributed by atoms with Gasteiger partial charge in [-0.05, 0) is 24.3 Å². The molecule has 70 valence electrons. The summed E-state index contributed by atoms with van der Waals surface area (Å²) in [5.41, 5.74) is 6.30. The third kappa shape index (κ3) is 2.01. The second-order valence-corrected chi connectivity index (χ2v) is 2.86. The molecule has 0 aliphatic rings. The van der Waals surface area contributed by atoms with E-state index in [1.807, 2.05) is 30.3 Å². The topological polar surface area (TPSA) is 48.1 Å². The lowest BCUT2D eigenvalue weighted by Gasteiger charge is -2.04. The molecule has 3 nitrogen and oxygen atoms in total. The number of nitrogen functional groups attached to an aromatic ring is 1. The van der Waals surface area contributed by atoms with Crippen LogP contribution in [0.2, 0.25) is 0 Å². The number of nitrogens with zero attached hydrogens (tertiary/aromatic N) is 1. The van der Waals surface area contributed by atoms with Gasteiger partial charge in [-0.3, -0.25) is 4.98 Å². The number of pyridine rings is 1. The van der Waals surface area contributed by atoms with Crippen LogP contribution in [-0.2, 0) is 0 Å². The predicted molar refractivity (Wildman–Crippen MR) is 55.2 cm³/mol. The Labute approximate surface area is 82.2 Å². The Hall–Kier alpha value is -2.03. The summed E-state index contributed by atoms with van der Waals surface area (Å²) >= 11 is 0. The smallest absolute Gasteiger partial charge is 0.145 e. The summed E-state index contributed by atoms with van der Waals surface area (Å²) < 4.78 is 5.52. The standard InChI is InChI=1S/C11H10N2O/c12-9-3-1-4-10(7-9)14-11-5-2-6-13-8-11/h1-8H,12H2. The maximum absolute atomic E-state index is 5.62. The Morgan fingerprint density at radius 1 is 1.07 bits per heavy atom. The van der Waals surface area contributed by atoms with Crippen molar-refractivity contribution in [3.05, 3.63) is 48.8 Å². The minimum absolute atomic E-state index is 0.686. The number of nitrogens with two attached hydrogens (primary N) is 1. The third-order valence-electron chi connectivity index (χ3n) is 1.73. The van der Waals surface area contributed by atoms with Crippen LogP contribution in [0.25, 0.3) is 0 Å². The molecule has 1 aromatic carbocycles. The minimum Gasteiger partial charge on any atom is -0.456 e. The molecule has 0 unspecified atom stereocenters. The molecule has 14 heavy (non-hydrogen) atoms. The Morgan fingerprint density at radius 2 is 1.93 bits per heavy atom. The van der Waals surface area contributed by atoms with Crippen LogP contribution in [0.3, 0.4) is 0 Å². The number of benzene rings is 1. The Kier molecular flexibility index (Phi) is 2.32. The van der Waals surface area contributed by atoms with Crippen LogP contribution in [-0.4, -0.2) is 4.98 Å². The van der Waals surface area contributed by atoms with Crippen LogP contribution in [0.5, 0.6) is 11.5 Å². The van der Waals surface area contributed by atoms with Crippen molar-refractivity contribution < 1.29 is 4.74 Å². The van der Waals surface area contributed by atoms with Crippen molar-refractivity contribution in [3.63, 3.8) is 0 Å². The summed E-state index contributed by atoms with van der Waals surface area (Å²) in [7, 11) is 0. The van der Waals surface area contributed by atoms with Gasteiger partial charge in [-0.2, -0.15) is 0 Å². The summed E-state index contributed by atoms with van der Waals surface area (Å²) in [5, 5.41) is 0. The summed E-state index contributed by atoms with van der Waals surface area (Å²) in [6, 6.07) is 10.9. The Morgan fingerprint density at radius 3 is 2.64 bits per heavy atom. The molecule has 0 radical (unpaired) electrons. The van der Waals surface area contributed by atoms with Crippen molar-refractivity contribution in [2.45, 2.75) is 0 Å². The molecule has 2 rings (SSSR count). The van der Waals surface area contributed by atoms with Gasteiger partial charge >= 0.3 is 0 Å². The normalized spacial score (nSPS) is 9.71. The first-order valence-electron chi connectivity index (χ1n) is 4.28. The molecule has 0 amide bonds. The lowest BCUT2D eigenvalue weighted by molar-refractivity contribution is 0.480. The van der Waals surface area contributed by atoms with E-state index >= 15 is 0 Å². The first kappa shape index (κ1) is 8.56. The quantitative estimate of drug-likeness (QED) is 0.733. The summed E-state index contributed by atoms with van der Waals surface area (Å²) in [6.07, 6.45) is 3.36. The van der Waals surface area contributed by atoms with Gasteiger partial charge in [-0.1, -0.05) is 6.07 Å². The van der Waals surface area contributed by atoms with E-state index in [2.05, 4.69) is 4.98 Å². The van der Waals surface area contributed by atoms with Crippen molar-refractivity contribution >= 4 is 5.69 Å². The van der Waals surface area contributed by atoms with Crippen LogP contribution in [0.4, 0.5) is 5.69 Å². The van der Waals surface area contributed by atoms with E-state index in [9.17, 15) is 0 Å². The number of ether oxygens (including phenoxy) is 1. The van der Waals surface area contributed by atoms with Crippen molar-refractivity contribution in [2.75, 3.05) is 5.73 Å². The van der Waals surface area contributed by atoms with Gasteiger partial charge in [0.05, 0.1) is 6.20 Å². The second-order valence-electron chi connectivity index (χ2n) is 2.86. The van der Waals surface area contributed by atoms with Gasteiger partial charge in [0.15, 0.2) is 0 Å². The molecular formula is C11H10N2O. The molecule has 0 fully saturated rings. The van der Waals surface area contributed by atoms with Crippen LogP contribution in [0.1, 0.15) is 0 Å². The zero-order valence-corrected chi connectivity index (χ0v) is 7.55. The zero-order valence-electron chi connectivity index (χ0n) is 7.55. The zero-order chi connectivity index (χ0) is 9.80. The molecule has 0 aliphatic carbocycles. The SMILES string of the molecule is Nc1cccc(Oc2cccnc2)c1. The molecule has 0 aliphatic heterocycles. The summed E-state index contributed by atoms with van der Waals surface area (Å²) in [4.78, 5) is 3.95. The molecule has 2 N–H and O–H groups in total. The minimum atomic E-state index is 0.686. The first-order valence-corrected chi connectivity index (χ1v) is 4.28. The van der Waals surface area contributed by atoms with Gasteiger partial charge in [0.25, 0.3) is 0 Å². The van der Waals surface area contributed by atoms with E-state index in [4.69, 9.17) is 10.5 Å². The highest BCUT2D eigenvalue weighted by Crippen LogP contribution is 2.21. The fourth-order valence-electron chi connectivity index (χ4n) is 1.12. The maximum atomic E-state index is 5.62. The van der Waals surface area contributed by atoms with Crippen LogP contribution in [0, 0.1) is 0 Å². The van der Waals surface area contributed by atoms with Crippen molar-refractivity contribution in [1.82, 2.24) is 4.98 Å². The monoisotopic (exact) mass is 186 g/mol. The van der Waals surface area contributed by atoms with Crippen molar-refractivity contribution in [3.8, 4) is 11.5 Å². The molecule has 0 atom stereocenters. The van der Waals surface area contributed by atoms with Gasteiger partial charge in [0, 0.05) is 18.0 Å². The molecule has 0 saturated carbocycles. The van der Waals surface area contributed by atoms with Gasteiger partial charge in [0.2, 0.25) is 0 Å². The average molecular weight is 186 g/mol. The van der Waals surface area contributed by atoms with Crippen molar-refractivity contribution in [2.24, 2.45) is 0 Å². The second kappa shape index (κ2) is 3.79. The molecule has 1 heterocycles. The molecule has 0 bridgehead atoms. The number of rotatable bonds is 2. The molecular weight excluding hydrogens is 176 g/mol. The van der Waals surface area contributed by atoms with Gasteiger partial charge < -0.3 is 10.5 Å². The van der Waals surface area contributed by atoms with Crippen LogP contribution < -0.4 is 10.5 Å².